The molecular weight excluding hydrogens is 255 g/mol. The number of ether oxygens (including phenoxy) is 1. The maximum atomic E-state index is 13.3. The van der Waals surface area contributed by atoms with Gasteiger partial charge in [-0.15, -0.1) is 11.3 Å². The maximum Gasteiger partial charge on any atom is 0.275 e. The van der Waals surface area contributed by atoms with Gasteiger partial charge >= 0.3 is 0 Å². The number of thiophene rings is 1. The van der Waals surface area contributed by atoms with Gasteiger partial charge in [-0.1, -0.05) is 12.1 Å². The Hall–Kier alpha value is -1.92. The van der Waals surface area contributed by atoms with Gasteiger partial charge in [-0.05, 0) is 24.3 Å². The lowest BCUT2D eigenvalue weighted by molar-refractivity contribution is 0.0957. The number of hydrogen-bond donors (Lipinski definition) is 2. The summed E-state index contributed by atoms with van der Waals surface area (Å²) in [5.41, 5.74) is 2.05. The molecule has 0 unspecified atom stereocenters. The van der Waals surface area contributed by atoms with Crippen LogP contribution in [0.1, 0.15) is 14.5 Å². The molecule has 0 fully saturated rings. The predicted octanol–water partition coefficient (Wildman–Crippen LogP) is 2.07. The van der Waals surface area contributed by atoms with Gasteiger partial charge in [-0.25, -0.2) is 10.2 Å². The lowest BCUT2D eigenvalue weighted by atomic mass is 10.3. The van der Waals surface area contributed by atoms with Gasteiger partial charge in [0.2, 0.25) is 0 Å². The van der Waals surface area contributed by atoms with Crippen LogP contribution < -0.4 is 16.0 Å². The molecule has 6 heteroatoms. The van der Waals surface area contributed by atoms with Gasteiger partial charge in [0.15, 0.2) is 11.6 Å². The maximum absolute atomic E-state index is 13.3. The highest BCUT2D eigenvalue weighted by Gasteiger charge is 2.08. The fourth-order valence-electron chi connectivity index (χ4n) is 1.36. The summed E-state index contributed by atoms with van der Waals surface area (Å²) in [4.78, 5) is 12.5. The molecule has 0 saturated carbocycles. The largest absolute Gasteiger partial charge is 0.485 e. The van der Waals surface area contributed by atoms with E-state index in [-0.39, 0.29) is 18.3 Å². The van der Waals surface area contributed by atoms with E-state index in [1.54, 1.807) is 30.3 Å². The summed E-state index contributed by atoms with van der Waals surface area (Å²) in [5, 5.41) is 0. The molecule has 1 aromatic carbocycles. The van der Waals surface area contributed by atoms with Crippen molar-refractivity contribution in [1.82, 2.24) is 5.43 Å². The Morgan fingerprint density at radius 3 is 2.83 bits per heavy atom. The molecule has 3 N–H and O–H groups in total. The number of nitrogen functional groups attached to an aromatic ring is 1. The quantitative estimate of drug-likeness (QED) is 0.506. The lowest BCUT2D eigenvalue weighted by Crippen LogP contribution is -2.29. The SMILES string of the molecule is NNC(=O)c1ccc(COc2ccccc2F)s1. The van der Waals surface area contributed by atoms with Gasteiger partial charge in [0.05, 0.1) is 4.88 Å². The van der Waals surface area contributed by atoms with Crippen molar-refractivity contribution in [1.29, 1.82) is 0 Å². The van der Waals surface area contributed by atoms with Crippen molar-refractivity contribution in [3.8, 4) is 5.75 Å². The predicted molar refractivity (Wildman–Crippen MR) is 66.7 cm³/mol. The van der Waals surface area contributed by atoms with E-state index in [0.717, 1.165) is 4.88 Å². The number of carbonyl (C=O) groups is 1. The Morgan fingerprint density at radius 1 is 1.33 bits per heavy atom. The van der Waals surface area contributed by atoms with Crippen LogP contribution in [0.2, 0.25) is 0 Å². The summed E-state index contributed by atoms with van der Waals surface area (Å²) in [6.45, 7) is 0.212. The highest BCUT2D eigenvalue weighted by Crippen LogP contribution is 2.21. The third-order valence-corrected chi connectivity index (χ3v) is 3.28. The average Bonchev–Trinajstić information content (AvgIpc) is 2.86. The van der Waals surface area contributed by atoms with Gasteiger partial charge < -0.3 is 4.74 Å². The average molecular weight is 266 g/mol. The highest BCUT2D eigenvalue weighted by molar-refractivity contribution is 7.14. The molecule has 1 aromatic heterocycles. The van der Waals surface area contributed by atoms with Crippen LogP contribution in [0.5, 0.6) is 5.75 Å². The molecule has 0 spiro atoms. The minimum atomic E-state index is -0.408. The number of hydrazine groups is 1. The first-order chi connectivity index (χ1) is 8.70. The summed E-state index contributed by atoms with van der Waals surface area (Å²) in [5.74, 6) is 4.46. The van der Waals surface area contributed by atoms with Gasteiger partial charge in [0.25, 0.3) is 5.91 Å². The molecule has 0 bridgehead atoms. The van der Waals surface area contributed by atoms with E-state index in [1.807, 2.05) is 5.43 Å². The summed E-state index contributed by atoms with van der Waals surface area (Å²) >= 11 is 1.25. The van der Waals surface area contributed by atoms with E-state index in [0.29, 0.717) is 4.88 Å². The van der Waals surface area contributed by atoms with Crippen LogP contribution in [0.3, 0.4) is 0 Å². The molecular formula is C12H11FN2O2S. The molecule has 0 aliphatic rings. The van der Waals surface area contributed by atoms with E-state index >= 15 is 0 Å². The summed E-state index contributed by atoms with van der Waals surface area (Å²) in [6, 6.07) is 9.56. The van der Waals surface area contributed by atoms with E-state index in [9.17, 15) is 9.18 Å². The second-order valence-corrected chi connectivity index (χ2v) is 4.63. The number of benzene rings is 1. The van der Waals surface area contributed by atoms with Crippen LogP contribution in [0.25, 0.3) is 0 Å². The van der Waals surface area contributed by atoms with Crippen molar-refractivity contribution in [3.63, 3.8) is 0 Å². The molecule has 0 aliphatic carbocycles. The summed E-state index contributed by atoms with van der Waals surface area (Å²) in [7, 11) is 0. The van der Waals surface area contributed by atoms with Crippen molar-refractivity contribution < 1.29 is 13.9 Å². The third kappa shape index (κ3) is 2.85. The van der Waals surface area contributed by atoms with Crippen molar-refractivity contribution in [2.45, 2.75) is 6.61 Å². The van der Waals surface area contributed by atoms with Gasteiger partial charge in [-0.2, -0.15) is 0 Å². The molecule has 0 saturated heterocycles. The van der Waals surface area contributed by atoms with Crippen molar-refractivity contribution >= 4 is 17.2 Å². The minimum absolute atomic E-state index is 0.190. The number of halogens is 1. The van der Waals surface area contributed by atoms with Gasteiger partial charge in [0.1, 0.15) is 6.61 Å². The molecule has 2 rings (SSSR count). The smallest absolute Gasteiger partial charge is 0.275 e. The Kier molecular flexibility index (Phi) is 3.91. The first-order valence-corrected chi connectivity index (χ1v) is 5.99. The third-order valence-electron chi connectivity index (χ3n) is 2.22. The molecule has 0 aliphatic heterocycles. The van der Waals surface area contributed by atoms with Crippen LogP contribution in [0.15, 0.2) is 36.4 Å². The monoisotopic (exact) mass is 266 g/mol. The van der Waals surface area contributed by atoms with E-state index in [2.05, 4.69) is 0 Å². The topological polar surface area (TPSA) is 64.3 Å². The Labute approximate surface area is 107 Å². The standard InChI is InChI=1S/C12H11FN2O2S/c13-9-3-1-2-4-10(9)17-7-8-5-6-11(18-8)12(16)15-14/h1-6H,7,14H2,(H,15,16). The lowest BCUT2D eigenvalue weighted by Gasteiger charge is -2.04. The van der Waals surface area contributed by atoms with Crippen LogP contribution in [0, 0.1) is 5.82 Å². The molecule has 94 valence electrons. The van der Waals surface area contributed by atoms with Crippen LogP contribution in [-0.2, 0) is 6.61 Å². The first-order valence-electron chi connectivity index (χ1n) is 5.17. The number of para-hydroxylation sites is 1. The van der Waals surface area contributed by atoms with Crippen LogP contribution in [0.4, 0.5) is 4.39 Å². The van der Waals surface area contributed by atoms with Crippen LogP contribution in [-0.4, -0.2) is 5.91 Å². The zero-order chi connectivity index (χ0) is 13.0. The Balaban J connectivity index is 2.01. The number of nitrogens with one attached hydrogen (secondary N) is 1. The fourth-order valence-corrected chi connectivity index (χ4v) is 2.18. The zero-order valence-corrected chi connectivity index (χ0v) is 10.2. The minimum Gasteiger partial charge on any atom is -0.485 e. The number of nitrogens with two attached hydrogens (primary N) is 1. The van der Waals surface area contributed by atoms with E-state index < -0.39 is 5.82 Å². The molecule has 0 atom stereocenters. The second-order valence-electron chi connectivity index (χ2n) is 3.46. The van der Waals surface area contributed by atoms with Crippen molar-refractivity contribution in [2.24, 2.45) is 5.84 Å². The van der Waals surface area contributed by atoms with Gasteiger partial charge in [0, 0.05) is 4.88 Å². The number of carbonyl (C=O) groups excluding carboxylic acids is 1. The molecule has 4 nitrogen and oxygen atoms in total. The molecule has 0 radical (unpaired) electrons. The van der Waals surface area contributed by atoms with Crippen molar-refractivity contribution in [3.05, 3.63) is 52.0 Å². The number of rotatable bonds is 4. The second kappa shape index (κ2) is 5.61. The van der Waals surface area contributed by atoms with E-state index in [4.69, 9.17) is 10.6 Å². The highest BCUT2D eigenvalue weighted by atomic mass is 32.1. The summed E-state index contributed by atoms with van der Waals surface area (Å²) < 4.78 is 18.6. The first kappa shape index (κ1) is 12.5. The van der Waals surface area contributed by atoms with E-state index in [1.165, 1.54) is 17.4 Å². The molecule has 1 amide bonds. The Morgan fingerprint density at radius 2 is 2.11 bits per heavy atom. The van der Waals surface area contributed by atoms with Crippen LogP contribution >= 0.6 is 11.3 Å². The normalized spacial score (nSPS) is 10.1. The number of amides is 1. The fraction of sp³-hybridized carbons (Fsp3) is 0.0833. The summed E-state index contributed by atoms with van der Waals surface area (Å²) in [6.07, 6.45) is 0. The molecule has 2 aromatic rings. The molecule has 1 heterocycles. The van der Waals surface area contributed by atoms with Crippen molar-refractivity contribution in [2.75, 3.05) is 0 Å². The Bertz CT molecular complexity index is 557. The number of hydrogen-bond acceptors (Lipinski definition) is 4. The zero-order valence-electron chi connectivity index (χ0n) is 9.35. The molecule has 18 heavy (non-hydrogen) atoms. The van der Waals surface area contributed by atoms with Gasteiger partial charge in [-0.3, -0.25) is 10.2 Å².